The Labute approximate surface area is 215 Å². The Morgan fingerprint density at radius 3 is 1.43 bits per heavy atom. The minimum Gasteiger partial charge on any atom is -0.457 e. The summed E-state index contributed by atoms with van der Waals surface area (Å²) in [4.78, 5) is 13.8. The highest BCUT2D eigenvalue weighted by Crippen LogP contribution is 2.30. The molecule has 4 nitrogen and oxygen atoms in total. The van der Waals surface area contributed by atoms with Gasteiger partial charge in [-0.15, -0.1) is 0 Å². The van der Waals surface area contributed by atoms with Crippen LogP contribution in [0.15, 0.2) is 140 Å². The van der Waals surface area contributed by atoms with Gasteiger partial charge in [-0.1, -0.05) is 72.8 Å². The van der Waals surface area contributed by atoms with E-state index in [1.165, 1.54) is 0 Å². The number of benzene rings is 4. The van der Waals surface area contributed by atoms with Crippen LogP contribution in [0, 0.1) is 0 Å². The van der Waals surface area contributed by atoms with Crippen LogP contribution in [0.2, 0.25) is 0 Å². The van der Waals surface area contributed by atoms with E-state index < -0.39 is 0 Å². The molecule has 0 saturated heterocycles. The molecule has 0 aliphatic heterocycles. The first kappa shape index (κ1) is 22.4. The van der Waals surface area contributed by atoms with Gasteiger partial charge in [0.1, 0.15) is 11.5 Å². The molecule has 0 amide bonds. The van der Waals surface area contributed by atoms with Crippen LogP contribution in [0.1, 0.15) is 0 Å². The predicted octanol–water partition coefficient (Wildman–Crippen LogP) is 8.33. The maximum atomic E-state index is 6.10. The van der Waals surface area contributed by atoms with Crippen LogP contribution in [-0.4, -0.2) is 15.0 Å². The van der Waals surface area contributed by atoms with E-state index in [0.29, 0.717) is 5.82 Å². The summed E-state index contributed by atoms with van der Waals surface area (Å²) in [5.41, 5.74) is 7.03. The minimum absolute atomic E-state index is 0.701. The molecule has 0 fully saturated rings. The maximum Gasteiger partial charge on any atom is 0.160 e. The third-order valence-electron chi connectivity index (χ3n) is 6.08. The molecule has 37 heavy (non-hydrogen) atoms. The fraction of sp³-hybridized carbons (Fsp3) is 0. The minimum atomic E-state index is 0.701. The Hall–Kier alpha value is -5.09. The molecule has 2 heterocycles. The molecule has 6 aromatic rings. The number of ether oxygens (including phenoxy) is 1. The van der Waals surface area contributed by atoms with Crippen molar-refractivity contribution in [3.05, 3.63) is 140 Å². The van der Waals surface area contributed by atoms with Gasteiger partial charge in [-0.3, -0.25) is 4.98 Å². The summed E-state index contributed by atoms with van der Waals surface area (Å²) < 4.78 is 6.10. The molecular weight excluding hydrogens is 454 g/mol. The highest BCUT2D eigenvalue weighted by molar-refractivity contribution is 5.72. The molecule has 176 valence electrons. The quantitative estimate of drug-likeness (QED) is 0.242. The smallest absolute Gasteiger partial charge is 0.160 e. The first-order valence-electron chi connectivity index (χ1n) is 12.1. The molecule has 0 aliphatic rings. The van der Waals surface area contributed by atoms with E-state index in [2.05, 4.69) is 29.2 Å². The average molecular weight is 478 g/mol. The number of aromatic nitrogens is 3. The van der Waals surface area contributed by atoms with E-state index >= 15 is 0 Å². The molecule has 0 unspecified atom stereocenters. The van der Waals surface area contributed by atoms with Gasteiger partial charge in [0.2, 0.25) is 0 Å². The second-order valence-electron chi connectivity index (χ2n) is 8.58. The summed E-state index contributed by atoms with van der Waals surface area (Å²) in [7, 11) is 0. The summed E-state index contributed by atoms with van der Waals surface area (Å²) in [6, 6.07) is 42.4. The summed E-state index contributed by atoms with van der Waals surface area (Å²) in [5.74, 6) is 2.25. The van der Waals surface area contributed by atoms with Gasteiger partial charge in [-0.2, -0.15) is 0 Å². The van der Waals surface area contributed by atoms with Crippen LogP contribution in [0.4, 0.5) is 0 Å². The van der Waals surface area contributed by atoms with Crippen LogP contribution in [-0.2, 0) is 0 Å². The molecule has 0 aliphatic carbocycles. The standard InChI is InChI=1S/C33H23N3O/c1-3-7-26(8-4-1)31-23-32(36-33(35-31)28-9-5-2-6-10-28)27-13-17-30(18-14-27)37-29-15-11-24(12-16-29)25-19-21-34-22-20-25/h1-23H. The Morgan fingerprint density at radius 2 is 0.865 bits per heavy atom. The Balaban J connectivity index is 1.28. The van der Waals surface area contributed by atoms with Gasteiger partial charge in [0.05, 0.1) is 11.4 Å². The normalized spacial score (nSPS) is 10.7. The van der Waals surface area contributed by atoms with Gasteiger partial charge in [0, 0.05) is 29.1 Å². The molecular formula is C33H23N3O. The van der Waals surface area contributed by atoms with Gasteiger partial charge in [0.15, 0.2) is 5.82 Å². The van der Waals surface area contributed by atoms with Crippen LogP contribution in [0.25, 0.3) is 45.0 Å². The molecule has 0 radical (unpaired) electrons. The molecule has 0 atom stereocenters. The zero-order chi connectivity index (χ0) is 24.9. The monoisotopic (exact) mass is 477 g/mol. The van der Waals surface area contributed by atoms with E-state index in [1.54, 1.807) is 12.4 Å². The maximum absolute atomic E-state index is 6.10. The van der Waals surface area contributed by atoms with Crippen molar-refractivity contribution in [2.75, 3.05) is 0 Å². The number of pyridine rings is 1. The first-order valence-corrected chi connectivity index (χ1v) is 12.1. The van der Waals surface area contributed by atoms with Crippen molar-refractivity contribution in [3.63, 3.8) is 0 Å². The molecule has 0 saturated carbocycles. The van der Waals surface area contributed by atoms with Crippen molar-refractivity contribution in [2.24, 2.45) is 0 Å². The van der Waals surface area contributed by atoms with Crippen LogP contribution in [0.3, 0.4) is 0 Å². The van der Waals surface area contributed by atoms with Gasteiger partial charge in [-0.25, -0.2) is 9.97 Å². The molecule has 2 aromatic heterocycles. The van der Waals surface area contributed by atoms with E-state index in [-0.39, 0.29) is 0 Å². The average Bonchev–Trinajstić information content (AvgIpc) is 2.99. The molecule has 6 rings (SSSR count). The lowest BCUT2D eigenvalue weighted by Crippen LogP contribution is -1.95. The van der Waals surface area contributed by atoms with E-state index in [1.807, 2.05) is 103 Å². The highest BCUT2D eigenvalue weighted by Gasteiger charge is 2.11. The van der Waals surface area contributed by atoms with Crippen molar-refractivity contribution in [2.45, 2.75) is 0 Å². The largest absolute Gasteiger partial charge is 0.457 e. The van der Waals surface area contributed by atoms with Crippen LogP contribution < -0.4 is 4.74 Å². The first-order chi connectivity index (χ1) is 18.3. The number of rotatable bonds is 6. The Kier molecular flexibility index (Phi) is 6.21. The molecule has 0 spiro atoms. The summed E-state index contributed by atoms with van der Waals surface area (Å²) in [6.45, 7) is 0. The summed E-state index contributed by atoms with van der Waals surface area (Å²) >= 11 is 0. The second-order valence-corrected chi connectivity index (χ2v) is 8.58. The van der Waals surface area contributed by atoms with Crippen LogP contribution in [0.5, 0.6) is 11.5 Å². The molecule has 4 aromatic carbocycles. The fourth-order valence-corrected chi connectivity index (χ4v) is 4.16. The van der Waals surface area contributed by atoms with Gasteiger partial charge in [0.25, 0.3) is 0 Å². The highest BCUT2D eigenvalue weighted by atomic mass is 16.5. The number of hydrogen-bond donors (Lipinski definition) is 0. The third kappa shape index (κ3) is 5.14. The van der Waals surface area contributed by atoms with Crippen LogP contribution >= 0.6 is 0 Å². The molecule has 4 heteroatoms. The lowest BCUT2D eigenvalue weighted by atomic mass is 10.1. The van der Waals surface area contributed by atoms with Gasteiger partial charge >= 0.3 is 0 Å². The van der Waals surface area contributed by atoms with Crippen molar-refractivity contribution >= 4 is 0 Å². The van der Waals surface area contributed by atoms with E-state index in [9.17, 15) is 0 Å². The molecule has 0 N–H and O–H groups in total. The Bertz CT molecular complexity index is 1540. The number of hydrogen-bond acceptors (Lipinski definition) is 4. The number of nitrogens with zero attached hydrogens (tertiary/aromatic N) is 3. The predicted molar refractivity (Wildman–Crippen MR) is 148 cm³/mol. The van der Waals surface area contributed by atoms with Crippen molar-refractivity contribution in [3.8, 4) is 56.5 Å². The second kappa shape index (κ2) is 10.3. The topological polar surface area (TPSA) is 47.9 Å². The van der Waals surface area contributed by atoms with E-state index in [4.69, 9.17) is 14.7 Å². The van der Waals surface area contributed by atoms with Crippen molar-refractivity contribution in [1.29, 1.82) is 0 Å². The fourth-order valence-electron chi connectivity index (χ4n) is 4.16. The zero-order valence-electron chi connectivity index (χ0n) is 20.0. The Morgan fingerprint density at radius 1 is 0.405 bits per heavy atom. The van der Waals surface area contributed by atoms with Crippen molar-refractivity contribution in [1.82, 2.24) is 15.0 Å². The van der Waals surface area contributed by atoms with Crippen molar-refractivity contribution < 1.29 is 4.74 Å². The summed E-state index contributed by atoms with van der Waals surface area (Å²) in [5, 5.41) is 0. The van der Waals surface area contributed by atoms with E-state index in [0.717, 1.165) is 50.7 Å². The SMILES string of the molecule is c1ccc(-c2cc(-c3ccc(Oc4ccc(-c5ccncc5)cc4)cc3)nc(-c3ccccc3)n2)cc1. The lowest BCUT2D eigenvalue weighted by molar-refractivity contribution is 0.483. The lowest BCUT2D eigenvalue weighted by Gasteiger charge is -2.10. The summed E-state index contributed by atoms with van der Waals surface area (Å²) in [6.07, 6.45) is 3.59. The third-order valence-corrected chi connectivity index (χ3v) is 6.08. The van der Waals surface area contributed by atoms with Gasteiger partial charge in [-0.05, 0) is 65.7 Å². The molecule has 0 bridgehead atoms. The zero-order valence-corrected chi connectivity index (χ0v) is 20.0. The van der Waals surface area contributed by atoms with Gasteiger partial charge < -0.3 is 4.74 Å².